The Balaban J connectivity index is 1.31. The summed E-state index contributed by atoms with van der Waals surface area (Å²) in [6.07, 6.45) is 3.44. The van der Waals surface area contributed by atoms with Crippen molar-refractivity contribution < 1.29 is 14.3 Å². The number of fused-ring (bicyclic) bond motifs is 1. The van der Waals surface area contributed by atoms with Gasteiger partial charge in [0, 0.05) is 43.3 Å². The number of aryl methyl sites for hydroxylation is 1. The number of carbonyl (C=O) groups excluding carboxylic acids is 2. The van der Waals surface area contributed by atoms with Crippen LogP contribution in [-0.2, 0) is 0 Å². The molecule has 1 saturated heterocycles. The Morgan fingerprint density at radius 2 is 1.97 bits per heavy atom. The highest BCUT2D eigenvalue weighted by atomic mass is 16.5. The number of H-pyrrole nitrogens is 1. The molecule has 0 bridgehead atoms. The van der Waals surface area contributed by atoms with Crippen molar-refractivity contribution in [3.63, 3.8) is 0 Å². The van der Waals surface area contributed by atoms with E-state index in [0.717, 1.165) is 16.8 Å². The van der Waals surface area contributed by atoms with Gasteiger partial charge in [0.05, 0.1) is 17.7 Å². The molecule has 152 valence electrons. The zero-order valence-electron chi connectivity index (χ0n) is 16.9. The minimum absolute atomic E-state index is 0.000571. The molecule has 1 amide bonds. The first kappa shape index (κ1) is 18.6. The van der Waals surface area contributed by atoms with Gasteiger partial charge in [-0.05, 0) is 42.8 Å². The number of rotatable bonds is 2. The van der Waals surface area contributed by atoms with Crippen LogP contribution in [0.15, 0.2) is 54.7 Å². The lowest BCUT2D eigenvalue weighted by Crippen LogP contribution is -2.52. The minimum Gasteiger partial charge on any atom is -0.486 e. The molecule has 6 heteroatoms. The summed E-state index contributed by atoms with van der Waals surface area (Å²) in [4.78, 5) is 27.6. The Morgan fingerprint density at radius 3 is 2.73 bits per heavy atom. The molecular weight excluding hydrogens is 378 g/mol. The number of aromatic amines is 1. The van der Waals surface area contributed by atoms with Crippen LogP contribution in [0.1, 0.15) is 45.5 Å². The van der Waals surface area contributed by atoms with E-state index in [-0.39, 0.29) is 11.7 Å². The molecule has 0 saturated carbocycles. The molecule has 0 atom stereocenters. The summed E-state index contributed by atoms with van der Waals surface area (Å²) in [6.45, 7) is 3.13. The van der Waals surface area contributed by atoms with Gasteiger partial charge in [0.25, 0.3) is 5.91 Å². The Kier molecular flexibility index (Phi) is 4.42. The van der Waals surface area contributed by atoms with Crippen molar-refractivity contribution in [2.24, 2.45) is 0 Å². The van der Waals surface area contributed by atoms with Crippen molar-refractivity contribution in [2.75, 3.05) is 13.1 Å². The third kappa shape index (κ3) is 3.28. The number of carbonyl (C=O) groups is 2. The first-order valence-corrected chi connectivity index (χ1v) is 10.3. The summed E-state index contributed by atoms with van der Waals surface area (Å²) >= 11 is 0. The van der Waals surface area contributed by atoms with Gasteiger partial charge >= 0.3 is 0 Å². The highest BCUT2D eigenvalue weighted by Gasteiger charge is 2.43. The van der Waals surface area contributed by atoms with E-state index < -0.39 is 5.60 Å². The standard InChI is InChI=1S/C24H23N3O3/c1-16-5-6-19-21(28)15-24(30-22(19)13-16)8-11-27(12-9-24)23(29)18-4-2-3-17(14-18)20-7-10-25-26-20/h2-7,10,13-14H,8-9,11-12,15H2,1H3,(H,25,26). The number of benzene rings is 2. The van der Waals surface area contributed by atoms with Crippen molar-refractivity contribution in [2.45, 2.75) is 31.8 Å². The first-order valence-electron chi connectivity index (χ1n) is 10.3. The van der Waals surface area contributed by atoms with Gasteiger partial charge in [0.2, 0.25) is 0 Å². The summed E-state index contributed by atoms with van der Waals surface area (Å²) in [5.74, 6) is 0.807. The maximum absolute atomic E-state index is 13.1. The Hall–Kier alpha value is -3.41. The molecule has 0 unspecified atom stereocenters. The number of piperidine rings is 1. The average molecular weight is 401 g/mol. The SMILES string of the molecule is Cc1ccc2c(c1)OC1(CCN(C(=O)c3cccc(-c4cc[nH]n4)c3)CC1)CC2=O. The van der Waals surface area contributed by atoms with E-state index in [9.17, 15) is 9.59 Å². The van der Waals surface area contributed by atoms with E-state index in [0.29, 0.717) is 49.2 Å². The topological polar surface area (TPSA) is 75.3 Å². The fourth-order valence-electron chi connectivity index (χ4n) is 4.41. The number of Topliss-reactive ketones (excluding diaryl/α,β-unsaturated/α-hetero) is 1. The highest BCUT2D eigenvalue weighted by Crippen LogP contribution is 2.40. The van der Waals surface area contributed by atoms with Crippen LogP contribution in [0.5, 0.6) is 5.75 Å². The molecule has 1 aromatic heterocycles. The Labute approximate surface area is 174 Å². The van der Waals surface area contributed by atoms with Gasteiger partial charge in [-0.25, -0.2) is 0 Å². The van der Waals surface area contributed by atoms with Crippen LogP contribution in [0.25, 0.3) is 11.3 Å². The third-order valence-electron chi connectivity index (χ3n) is 6.11. The zero-order chi connectivity index (χ0) is 20.7. The largest absolute Gasteiger partial charge is 0.486 e. The van der Waals surface area contributed by atoms with Crippen LogP contribution < -0.4 is 4.74 Å². The minimum atomic E-state index is -0.508. The van der Waals surface area contributed by atoms with Gasteiger partial charge in [-0.3, -0.25) is 14.7 Å². The molecule has 3 heterocycles. The molecule has 1 fully saturated rings. The van der Waals surface area contributed by atoms with Crippen LogP contribution >= 0.6 is 0 Å². The monoisotopic (exact) mass is 401 g/mol. The van der Waals surface area contributed by atoms with E-state index >= 15 is 0 Å². The second-order valence-corrected chi connectivity index (χ2v) is 8.22. The van der Waals surface area contributed by atoms with Crippen LogP contribution in [0.2, 0.25) is 0 Å². The Morgan fingerprint density at radius 1 is 1.13 bits per heavy atom. The van der Waals surface area contributed by atoms with Gasteiger partial charge in [-0.15, -0.1) is 0 Å². The van der Waals surface area contributed by atoms with E-state index in [1.54, 1.807) is 6.20 Å². The lowest BCUT2D eigenvalue weighted by Gasteiger charge is -2.44. The normalized spacial score (nSPS) is 17.5. The number of ether oxygens (including phenoxy) is 1. The predicted molar refractivity (Wildman–Crippen MR) is 113 cm³/mol. The van der Waals surface area contributed by atoms with Crippen molar-refractivity contribution in [1.82, 2.24) is 15.1 Å². The molecule has 2 aliphatic rings. The Bertz CT molecular complexity index is 1110. The first-order chi connectivity index (χ1) is 14.5. The van der Waals surface area contributed by atoms with E-state index in [1.165, 1.54) is 0 Å². The summed E-state index contributed by atoms with van der Waals surface area (Å²) in [5, 5.41) is 6.99. The van der Waals surface area contributed by atoms with E-state index in [2.05, 4.69) is 10.2 Å². The molecule has 3 aromatic rings. The molecule has 6 nitrogen and oxygen atoms in total. The molecular formula is C24H23N3O3. The fourth-order valence-corrected chi connectivity index (χ4v) is 4.41. The second kappa shape index (κ2) is 7.13. The number of ketones is 1. The zero-order valence-corrected chi connectivity index (χ0v) is 16.9. The van der Waals surface area contributed by atoms with Crippen molar-refractivity contribution in [3.8, 4) is 17.0 Å². The van der Waals surface area contributed by atoms with Crippen LogP contribution in [-0.4, -0.2) is 45.5 Å². The van der Waals surface area contributed by atoms with E-state index in [1.807, 2.05) is 60.4 Å². The maximum Gasteiger partial charge on any atom is 0.253 e. The molecule has 1 spiro atoms. The number of hydrogen-bond donors (Lipinski definition) is 1. The lowest BCUT2D eigenvalue weighted by molar-refractivity contribution is -0.00573. The number of amides is 1. The van der Waals surface area contributed by atoms with Gasteiger partial charge < -0.3 is 9.64 Å². The second-order valence-electron chi connectivity index (χ2n) is 8.22. The average Bonchev–Trinajstić information content (AvgIpc) is 3.28. The summed E-state index contributed by atoms with van der Waals surface area (Å²) < 4.78 is 6.34. The molecule has 30 heavy (non-hydrogen) atoms. The van der Waals surface area contributed by atoms with Gasteiger partial charge in [-0.2, -0.15) is 5.10 Å². The van der Waals surface area contributed by atoms with Crippen LogP contribution in [0.4, 0.5) is 0 Å². The maximum atomic E-state index is 13.1. The van der Waals surface area contributed by atoms with E-state index in [4.69, 9.17) is 4.74 Å². The number of likely N-dealkylation sites (tertiary alicyclic amines) is 1. The molecule has 0 aliphatic carbocycles. The van der Waals surface area contributed by atoms with Gasteiger partial charge in [0.1, 0.15) is 11.4 Å². The summed E-state index contributed by atoms with van der Waals surface area (Å²) in [7, 11) is 0. The molecule has 2 aliphatic heterocycles. The predicted octanol–water partition coefficient (Wildman–Crippen LogP) is 4.03. The fraction of sp³-hybridized carbons (Fsp3) is 0.292. The number of nitrogens with zero attached hydrogens (tertiary/aromatic N) is 2. The van der Waals surface area contributed by atoms with Crippen molar-refractivity contribution >= 4 is 11.7 Å². The summed E-state index contributed by atoms with van der Waals surface area (Å²) in [5.41, 5.74) is 3.59. The lowest BCUT2D eigenvalue weighted by atomic mass is 9.82. The van der Waals surface area contributed by atoms with Crippen molar-refractivity contribution in [1.29, 1.82) is 0 Å². The smallest absolute Gasteiger partial charge is 0.253 e. The quantitative estimate of drug-likeness (QED) is 0.704. The third-order valence-corrected chi connectivity index (χ3v) is 6.11. The number of nitrogens with one attached hydrogen (secondary N) is 1. The van der Waals surface area contributed by atoms with Gasteiger partial charge in [0.15, 0.2) is 5.78 Å². The molecule has 1 N–H and O–H groups in total. The van der Waals surface area contributed by atoms with Crippen LogP contribution in [0.3, 0.4) is 0 Å². The van der Waals surface area contributed by atoms with Crippen molar-refractivity contribution in [3.05, 3.63) is 71.4 Å². The van der Waals surface area contributed by atoms with Gasteiger partial charge in [-0.1, -0.05) is 18.2 Å². The number of aromatic nitrogens is 2. The summed E-state index contributed by atoms with van der Waals surface area (Å²) in [6, 6.07) is 15.1. The van der Waals surface area contributed by atoms with Crippen LogP contribution in [0, 0.1) is 6.92 Å². The molecule has 5 rings (SSSR count). The highest BCUT2D eigenvalue weighted by molar-refractivity contribution is 6.00. The molecule has 2 aromatic carbocycles. The number of hydrogen-bond acceptors (Lipinski definition) is 4. The molecule has 0 radical (unpaired) electrons.